The zero-order valence-corrected chi connectivity index (χ0v) is 5.53. The highest BCUT2D eigenvalue weighted by Crippen LogP contribution is 2.42. The molecule has 0 amide bonds. The molecular formula is C6H7NS. The summed E-state index contributed by atoms with van der Waals surface area (Å²) in [5.74, 6) is 0. The normalized spacial score (nSPS) is 32.9. The van der Waals surface area contributed by atoms with Crippen LogP contribution in [0.4, 0.5) is 0 Å². The van der Waals surface area contributed by atoms with Crippen molar-refractivity contribution in [2.75, 3.05) is 0 Å². The third-order valence-corrected chi connectivity index (χ3v) is 2.42. The first-order valence-corrected chi connectivity index (χ1v) is 3.64. The lowest BCUT2D eigenvalue weighted by Crippen LogP contribution is -1.82. The van der Waals surface area contributed by atoms with Gasteiger partial charge < -0.3 is 0 Å². The van der Waals surface area contributed by atoms with Crippen molar-refractivity contribution in [3.8, 4) is 0 Å². The van der Waals surface area contributed by atoms with Gasteiger partial charge >= 0.3 is 0 Å². The summed E-state index contributed by atoms with van der Waals surface area (Å²) in [6, 6.07) is 0.608. The Balaban J connectivity index is 2.33. The van der Waals surface area contributed by atoms with Gasteiger partial charge in [-0.15, -0.1) is 0 Å². The van der Waals surface area contributed by atoms with Crippen LogP contribution in [0, 0.1) is 0 Å². The molecule has 1 atom stereocenters. The number of thioether (sulfide) groups is 1. The molecule has 2 heteroatoms. The Bertz CT molecular complexity index is 181. The predicted octanol–water partition coefficient (Wildman–Crippen LogP) is 1.81. The summed E-state index contributed by atoms with van der Waals surface area (Å²) in [7, 11) is 0. The van der Waals surface area contributed by atoms with Crippen molar-refractivity contribution in [1.82, 2.24) is 0 Å². The molecular weight excluding hydrogens is 118 g/mol. The molecule has 42 valence electrons. The fourth-order valence-electron chi connectivity index (χ4n) is 0.929. The van der Waals surface area contributed by atoms with Gasteiger partial charge in [0, 0.05) is 0 Å². The van der Waals surface area contributed by atoms with Crippen LogP contribution < -0.4 is 0 Å². The molecule has 1 saturated carbocycles. The summed E-state index contributed by atoms with van der Waals surface area (Å²) in [5, 5.41) is 0. The Kier molecular flexibility index (Phi) is 0.796. The molecule has 1 aliphatic heterocycles. The van der Waals surface area contributed by atoms with Crippen molar-refractivity contribution in [1.29, 1.82) is 0 Å². The van der Waals surface area contributed by atoms with Crippen molar-refractivity contribution < 1.29 is 0 Å². The van der Waals surface area contributed by atoms with E-state index in [2.05, 4.69) is 11.9 Å². The summed E-state index contributed by atoms with van der Waals surface area (Å²) in [5.41, 5.74) is 3.52. The number of fused-ring (bicyclic) bond motifs is 1. The van der Waals surface area contributed by atoms with E-state index in [1.54, 1.807) is 17.3 Å². The highest BCUT2D eigenvalue weighted by atomic mass is 32.2. The average Bonchev–Trinajstić information content (AvgIpc) is 2.45. The quantitative estimate of drug-likeness (QED) is 0.481. The molecule has 1 unspecified atom stereocenters. The van der Waals surface area contributed by atoms with E-state index in [4.69, 9.17) is 0 Å². The number of hydrogen-bond acceptors (Lipinski definition) is 2. The third kappa shape index (κ3) is 0.525. The maximum Gasteiger partial charge on any atom is 0.0765 e. The molecule has 1 aliphatic carbocycles. The Morgan fingerprint density at radius 2 is 2.75 bits per heavy atom. The molecule has 0 aromatic carbocycles. The van der Waals surface area contributed by atoms with Crippen molar-refractivity contribution in [2.24, 2.45) is 4.99 Å². The number of allylic oxidation sites excluding steroid dienone is 1. The first-order valence-electron chi connectivity index (χ1n) is 2.76. The van der Waals surface area contributed by atoms with Gasteiger partial charge in [0.2, 0.25) is 0 Å². The molecule has 1 nitrogen and oxygen atoms in total. The lowest BCUT2D eigenvalue weighted by atomic mass is 10.5. The van der Waals surface area contributed by atoms with Crippen molar-refractivity contribution >= 4 is 17.3 Å². The SMILES string of the molecule is CC1=C2CC2N=CS1. The van der Waals surface area contributed by atoms with E-state index in [-0.39, 0.29) is 0 Å². The van der Waals surface area contributed by atoms with Crippen LogP contribution >= 0.6 is 11.8 Å². The Morgan fingerprint density at radius 3 is 3.38 bits per heavy atom. The van der Waals surface area contributed by atoms with Crippen LogP contribution in [0.15, 0.2) is 15.5 Å². The van der Waals surface area contributed by atoms with E-state index in [1.807, 2.05) is 5.55 Å². The van der Waals surface area contributed by atoms with Crippen molar-refractivity contribution in [2.45, 2.75) is 19.4 Å². The van der Waals surface area contributed by atoms with E-state index in [0.717, 1.165) is 0 Å². The van der Waals surface area contributed by atoms with E-state index < -0.39 is 0 Å². The predicted molar refractivity (Wildman–Crippen MR) is 37.2 cm³/mol. The summed E-state index contributed by atoms with van der Waals surface area (Å²) in [6.07, 6.45) is 1.23. The molecule has 0 aromatic rings. The fourth-order valence-corrected chi connectivity index (χ4v) is 1.67. The molecule has 0 spiro atoms. The summed E-state index contributed by atoms with van der Waals surface area (Å²) < 4.78 is 0. The topological polar surface area (TPSA) is 12.4 Å². The number of aliphatic imine (C=N–C) groups is 1. The van der Waals surface area contributed by atoms with Gasteiger partial charge in [0.15, 0.2) is 0 Å². The summed E-state index contributed by atoms with van der Waals surface area (Å²) in [6.45, 7) is 2.17. The van der Waals surface area contributed by atoms with E-state index in [1.165, 1.54) is 11.3 Å². The second-order valence-corrected chi connectivity index (χ2v) is 3.23. The van der Waals surface area contributed by atoms with E-state index >= 15 is 0 Å². The molecule has 2 aliphatic rings. The standard InChI is InChI=1S/C6H7NS/c1-4-5-2-6(5)7-3-8-4/h3,6H,2H2,1H3. The monoisotopic (exact) mass is 125 g/mol. The number of rotatable bonds is 0. The lowest BCUT2D eigenvalue weighted by molar-refractivity contribution is 1.11. The van der Waals surface area contributed by atoms with Gasteiger partial charge in [-0.05, 0) is 23.8 Å². The minimum atomic E-state index is 0.608. The molecule has 8 heavy (non-hydrogen) atoms. The van der Waals surface area contributed by atoms with Crippen LogP contribution in [0.3, 0.4) is 0 Å². The Labute approximate surface area is 52.9 Å². The van der Waals surface area contributed by atoms with Crippen LogP contribution in [0.2, 0.25) is 0 Å². The minimum Gasteiger partial charge on any atom is -0.278 e. The molecule has 0 bridgehead atoms. The molecule has 2 rings (SSSR count). The van der Waals surface area contributed by atoms with Crippen LogP contribution in [0.1, 0.15) is 13.3 Å². The minimum absolute atomic E-state index is 0.608. The van der Waals surface area contributed by atoms with E-state index in [0.29, 0.717) is 6.04 Å². The second-order valence-electron chi connectivity index (χ2n) is 2.17. The van der Waals surface area contributed by atoms with Gasteiger partial charge in [0.25, 0.3) is 0 Å². The average molecular weight is 125 g/mol. The first-order chi connectivity index (χ1) is 3.88. The third-order valence-electron chi connectivity index (χ3n) is 1.58. The largest absolute Gasteiger partial charge is 0.278 e. The van der Waals surface area contributed by atoms with Crippen molar-refractivity contribution in [3.05, 3.63) is 10.5 Å². The highest BCUT2D eigenvalue weighted by molar-refractivity contribution is 8.15. The van der Waals surface area contributed by atoms with Crippen molar-refractivity contribution in [3.63, 3.8) is 0 Å². The molecule has 0 saturated heterocycles. The first kappa shape index (κ1) is 4.62. The Morgan fingerprint density at radius 1 is 1.88 bits per heavy atom. The van der Waals surface area contributed by atoms with Gasteiger partial charge in [0.05, 0.1) is 11.6 Å². The van der Waals surface area contributed by atoms with Crippen LogP contribution in [0.25, 0.3) is 0 Å². The van der Waals surface area contributed by atoms with Crippen LogP contribution in [0.5, 0.6) is 0 Å². The van der Waals surface area contributed by atoms with Crippen LogP contribution in [-0.4, -0.2) is 11.6 Å². The molecule has 1 fully saturated rings. The van der Waals surface area contributed by atoms with Crippen LogP contribution in [-0.2, 0) is 0 Å². The smallest absolute Gasteiger partial charge is 0.0765 e. The van der Waals surface area contributed by atoms with E-state index in [9.17, 15) is 0 Å². The molecule has 1 heterocycles. The second kappa shape index (κ2) is 1.38. The summed E-state index contributed by atoms with van der Waals surface area (Å²) in [4.78, 5) is 5.71. The molecule has 0 radical (unpaired) electrons. The van der Waals surface area contributed by atoms with Gasteiger partial charge in [-0.3, -0.25) is 4.99 Å². The lowest BCUT2D eigenvalue weighted by Gasteiger charge is -1.96. The highest BCUT2D eigenvalue weighted by Gasteiger charge is 2.32. The van der Waals surface area contributed by atoms with Gasteiger partial charge in [-0.1, -0.05) is 11.8 Å². The number of nitrogens with zero attached hydrogens (tertiary/aromatic N) is 1. The zero-order valence-electron chi connectivity index (χ0n) is 4.72. The molecule has 0 aromatic heterocycles. The summed E-state index contributed by atoms with van der Waals surface area (Å²) >= 11 is 1.76. The molecule has 0 N–H and O–H groups in total. The zero-order chi connectivity index (χ0) is 5.56. The fraction of sp³-hybridized carbons (Fsp3) is 0.500. The maximum atomic E-state index is 4.23. The Hall–Kier alpha value is -0.240. The maximum absolute atomic E-state index is 4.23. The number of hydrogen-bond donors (Lipinski definition) is 0. The van der Waals surface area contributed by atoms with Gasteiger partial charge in [0.1, 0.15) is 0 Å². The van der Waals surface area contributed by atoms with Gasteiger partial charge in [-0.25, -0.2) is 0 Å². The van der Waals surface area contributed by atoms with Gasteiger partial charge in [-0.2, -0.15) is 0 Å².